The van der Waals surface area contributed by atoms with Crippen molar-refractivity contribution in [3.8, 4) is 17.1 Å². The van der Waals surface area contributed by atoms with E-state index in [4.69, 9.17) is 4.74 Å². The van der Waals surface area contributed by atoms with Crippen molar-refractivity contribution >= 4 is 34.7 Å². The van der Waals surface area contributed by atoms with Crippen LogP contribution in [0.15, 0.2) is 46.9 Å². The van der Waals surface area contributed by atoms with Gasteiger partial charge in [0.25, 0.3) is 0 Å². The number of hydrogen-bond donors (Lipinski definition) is 0. The second-order valence-corrected chi connectivity index (χ2v) is 8.38. The average molecular weight is 413 g/mol. The van der Waals surface area contributed by atoms with E-state index in [1.54, 1.807) is 34.9 Å². The zero-order valence-electron chi connectivity index (χ0n) is 15.7. The molecule has 1 amide bonds. The van der Waals surface area contributed by atoms with Crippen LogP contribution in [0.5, 0.6) is 5.88 Å². The van der Waals surface area contributed by atoms with Gasteiger partial charge in [0.15, 0.2) is 5.69 Å². The first kappa shape index (κ1) is 18.9. The van der Waals surface area contributed by atoms with Crippen molar-refractivity contribution < 1.29 is 9.53 Å². The molecule has 0 saturated carbocycles. The summed E-state index contributed by atoms with van der Waals surface area (Å²) < 4.78 is 6.29. The average Bonchev–Trinajstić information content (AvgIpc) is 3.18. The summed E-state index contributed by atoms with van der Waals surface area (Å²) in [4.78, 5) is 19.8. The van der Waals surface area contributed by atoms with E-state index in [0.29, 0.717) is 16.7 Å². The number of unbranched alkanes of at least 4 members (excludes halogenated alkanes) is 1. The van der Waals surface area contributed by atoms with Crippen molar-refractivity contribution in [2.45, 2.75) is 38.1 Å². The van der Waals surface area contributed by atoms with Gasteiger partial charge in [-0.05, 0) is 23.9 Å². The van der Waals surface area contributed by atoms with E-state index in [2.05, 4.69) is 22.1 Å². The minimum Gasteiger partial charge on any atom is -0.446 e. The molecule has 3 aromatic rings. The van der Waals surface area contributed by atoms with Gasteiger partial charge in [0.2, 0.25) is 23.2 Å². The Morgan fingerprint density at radius 2 is 2.11 bits per heavy atom. The van der Waals surface area contributed by atoms with Gasteiger partial charge in [0.05, 0.1) is 10.6 Å². The number of carbonyl (C=O) groups excluding carboxylic acids is 1. The number of hydrogen-bond acceptors (Lipinski definition) is 7. The Morgan fingerprint density at radius 1 is 1.25 bits per heavy atom. The highest BCUT2D eigenvalue weighted by Gasteiger charge is 2.34. The Kier molecular flexibility index (Phi) is 5.59. The van der Waals surface area contributed by atoms with Crippen LogP contribution in [0.2, 0.25) is 0 Å². The molecule has 8 heteroatoms. The van der Waals surface area contributed by atoms with E-state index in [0.717, 1.165) is 34.7 Å². The standard InChI is InChI=1S/C20H20N4O2S2/c1-3-4-11-28-20-21-18-17(22-23-20)14-8-5-6-9-15(14)24(13(2)25)19(26-18)16-10-7-12-27-16/h5-10,12,19H,3-4,11H2,1-2H3/t19-/m1/s1. The number of carbonyl (C=O) groups is 1. The summed E-state index contributed by atoms with van der Waals surface area (Å²) >= 11 is 3.11. The number of thiophene rings is 1. The number of ether oxygens (including phenoxy) is 1. The molecule has 1 aliphatic heterocycles. The Bertz CT molecular complexity index is 978. The molecule has 0 N–H and O–H groups in total. The topological polar surface area (TPSA) is 68.2 Å². The van der Waals surface area contributed by atoms with Gasteiger partial charge in [-0.1, -0.05) is 49.4 Å². The van der Waals surface area contributed by atoms with Gasteiger partial charge in [-0.3, -0.25) is 9.69 Å². The van der Waals surface area contributed by atoms with E-state index in [9.17, 15) is 4.79 Å². The van der Waals surface area contributed by atoms with Crippen molar-refractivity contribution in [2.24, 2.45) is 0 Å². The lowest BCUT2D eigenvalue weighted by Gasteiger charge is -2.28. The highest BCUT2D eigenvalue weighted by molar-refractivity contribution is 7.99. The fourth-order valence-corrected chi connectivity index (χ4v) is 4.64. The molecule has 0 aliphatic carbocycles. The van der Waals surface area contributed by atoms with Gasteiger partial charge >= 0.3 is 0 Å². The molecule has 4 rings (SSSR count). The van der Waals surface area contributed by atoms with E-state index in [-0.39, 0.29) is 5.91 Å². The summed E-state index contributed by atoms with van der Waals surface area (Å²) in [6.45, 7) is 3.70. The second kappa shape index (κ2) is 8.28. The zero-order chi connectivity index (χ0) is 19.5. The summed E-state index contributed by atoms with van der Waals surface area (Å²) in [7, 11) is 0. The van der Waals surface area contributed by atoms with Crippen LogP contribution in [0, 0.1) is 0 Å². The van der Waals surface area contributed by atoms with Crippen LogP contribution >= 0.6 is 23.1 Å². The number of fused-ring (bicyclic) bond motifs is 3. The second-order valence-electron chi connectivity index (χ2n) is 6.34. The first-order chi connectivity index (χ1) is 13.7. The molecule has 0 bridgehead atoms. The number of rotatable bonds is 5. The fraction of sp³-hybridized carbons (Fsp3) is 0.300. The normalized spacial score (nSPS) is 15.4. The van der Waals surface area contributed by atoms with Gasteiger partial charge in [0.1, 0.15) is 0 Å². The summed E-state index contributed by atoms with van der Waals surface area (Å²) in [6.07, 6.45) is 1.61. The highest BCUT2D eigenvalue weighted by Crippen LogP contribution is 2.43. The fourth-order valence-electron chi connectivity index (χ4n) is 3.04. The molecule has 0 fully saturated rings. The van der Waals surface area contributed by atoms with Crippen LogP contribution in [0.4, 0.5) is 5.69 Å². The molecular formula is C20H20N4O2S2. The number of nitrogens with zero attached hydrogens (tertiary/aromatic N) is 4. The van der Waals surface area contributed by atoms with Crippen LogP contribution in [0.3, 0.4) is 0 Å². The summed E-state index contributed by atoms with van der Waals surface area (Å²) in [5, 5.41) is 11.3. The number of benzene rings is 1. The molecule has 2 aromatic heterocycles. The van der Waals surface area contributed by atoms with Gasteiger partial charge < -0.3 is 4.74 Å². The van der Waals surface area contributed by atoms with Crippen LogP contribution in [-0.4, -0.2) is 26.8 Å². The van der Waals surface area contributed by atoms with Crippen LogP contribution in [0.25, 0.3) is 11.3 Å². The lowest BCUT2D eigenvalue weighted by atomic mass is 10.1. The Morgan fingerprint density at radius 3 is 2.86 bits per heavy atom. The molecule has 1 atom stereocenters. The Hall–Kier alpha value is -2.45. The van der Waals surface area contributed by atoms with E-state index in [1.165, 1.54) is 0 Å². The van der Waals surface area contributed by atoms with E-state index >= 15 is 0 Å². The van der Waals surface area contributed by atoms with E-state index < -0.39 is 6.23 Å². The third-order valence-corrected chi connectivity index (χ3v) is 6.19. The smallest absolute Gasteiger partial charge is 0.247 e. The number of para-hydroxylation sites is 1. The maximum atomic E-state index is 12.6. The minimum absolute atomic E-state index is 0.107. The number of thioether (sulfide) groups is 1. The summed E-state index contributed by atoms with van der Waals surface area (Å²) in [5.74, 6) is 1.23. The van der Waals surface area contributed by atoms with Crippen molar-refractivity contribution in [3.63, 3.8) is 0 Å². The molecule has 144 valence electrons. The molecular weight excluding hydrogens is 392 g/mol. The highest BCUT2D eigenvalue weighted by atomic mass is 32.2. The molecule has 28 heavy (non-hydrogen) atoms. The predicted molar refractivity (Wildman–Crippen MR) is 112 cm³/mol. The number of amides is 1. The van der Waals surface area contributed by atoms with Crippen LogP contribution in [-0.2, 0) is 4.79 Å². The Labute approximate surface area is 172 Å². The Balaban J connectivity index is 1.83. The van der Waals surface area contributed by atoms with Crippen LogP contribution in [0.1, 0.15) is 37.8 Å². The lowest BCUT2D eigenvalue weighted by Crippen LogP contribution is -2.35. The first-order valence-corrected chi connectivity index (χ1v) is 11.0. The summed E-state index contributed by atoms with van der Waals surface area (Å²) in [5.41, 5.74) is 2.09. The lowest BCUT2D eigenvalue weighted by molar-refractivity contribution is -0.118. The molecule has 0 saturated heterocycles. The molecule has 1 aromatic carbocycles. The molecule has 0 spiro atoms. The third kappa shape index (κ3) is 3.62. The largest absolute Gasteiger partial charge is 0.446 e. The van der Waals surface area contributed by atoms with Crippen molar-refractivity contribution in [1.82, 2.24) is 15.2 Å². The zero-order valence-corrected chi connectivity index (χ0v) is 17.3. The van der Waals surface area contributed by atoms with Crippen molar-refractivity contribution in [1.29, 1.82) is 0 Å². The molecule has 3 heterocycles. The SMILES string of the molecule is CCCCSc1nnc2c(n1)O[C@H](c1cccs1)N(C(C)=O)c1ccccc1-2. The van der Waals surface area contributed by atoms with Gasteiger partial charge in [-0.2, -0.15) is 4.98 Å². The van der Waals surface area contributed by atoms with Crippen molar-refractivity contribution in [2.75, 3.05) is 10.7 Å². The third-order valence-electron chi connectivity index (χ3n) is 4.37. The van der Waals surface area contributed by atoms with Gasteiger partial charge in [0, 0.05) is 18.2 Å². The molecule has 0 radical (unpaired) electrons. The molecule has 1 aliphatic rings. The van der Waals surface area contributed by atoms with E-state index in [1.807, 2.05) is 41.8 Å². The minimum atomic E-state index is -0.593. The quantitative estimate of drug-likeness (QED) is 0.437. The monoisotopic (exact) mass is 412 g/mol. The van der Waals surface area contributed by atoms with Gasteiger partial charge in [-0.15, -0.1) is 21.5 Å². The molecule has 6 nitrogen and oxygen atoms in total. The van der Waals surface area contributed by atoms with Crippen LogP contribution < -0.4 is 9.64 Å². The maximum absolute atomic E-state index is 12.6. The van der Waals surface area contributed by atoms with Crippen molar-refractivity contribution in [3.05, 3.63) is 46.7 Å². The maximum Gasteiger partial charge on any atom is 0.247 e. The van der Waals surface area contributed by atoms with Gasteiger partial charge in [-0.25, -0.2) is 0 Å². The molecule has 0 unspecified atom stereocenters. The predicted octanol–water partition coefficient (Wildman–Crippen LogP) is 4.94. The summed E-state index contributed by atoms with van der Waals surface area (Å²) in [6, 6.07) is 11.6. The number of anilines is 1. The number of aromatic nitrogens is 3. The first-order valence-electron chi connectivity index (χ1n) is 9.15.